The van der Waals surface area contributed by atoms with E-state index in [0.717, 1.165) is 17.4 Å². The molecule has 2 rings (SSSR count). The van der Waals surface area contributed by atoms with Crippen LogP contribution in [0.25, 0.3) is 10.9 Å². The second kappa shape index (κ2) is 5.49. The van der Waals surface area contributed by atoms with Gasteiger partial charge in [0.1, 0.15) is 11.8 Å². The fraction of sp³-hybridized carbons (Fsp3) is 0.429. The van der Waals surface area contributed by atoms with Gasteiger partial charge in [-0.25, -0.2) is 4.98 Å². The Balaban J connectivity index is 2.14. The van der Waals surface area contributed by atoms with Crippen molar-refractivity contribution >= 4 is 10.9 Å². The van der Waals surface area contributed by atoms with Crippen molar-refractivity contribution in [2.24, 2.45) is 0 Å². The molecule has 0 atom stereocenters. The molecule has 2 aromatic heterocycles. The topological polar surface area (TPSA) is 41.6 Å². The summed E-state index contributed by atoms with van der Waals surface area (Å²) in [5.74, 6) is 0. The highest BCUT2D eigenvalue weighted by molar-refractivity contribution is 5.79. The highest BCUT2D eigenvalue weighted by Gasteiger charge is 2.02. The van der Waals surface area contributed by atoms with Gasteiger partial charge in [-0.2, -0.15) is 5.26 Å². The van der Waals surface area contributed by atoms with Crippen LogP contribution >= 0.6 is 0 Å². The van der Waals surface area contributed by atoms with Crippen molar-refractivity contribution in [1.29, 1.82) is 5.26 Å². The molecule has 3 heteroatoms. The average molecular weight is 227 g/mol. The Morgan fingerprint density at radius 3 is 3.00 bits per heavy atom. The molecule has 0 radical (unpaired) electrons. The van der Waals surface area contributed by atoms with Crippen molar-refractivity contribution in [2.45, 2.75) is 39.2 Å². The van der Waals surface area contributed by atoms with Gasteiger partial charge in [0, 0.05) is 24.3 Å². The second-order valence-corrected chi connectivity index (χ2v) is 4.31. The number of pyridine rings is 1. The number of unbranched alkanes of at least 4 members (excludes halogenated alkanes) is 3. The van der Waals surface area contributed by atoms with Crippen LogP contribution in [0.5, 0.6) is 0 Å². The molecule has 0 saturated carbocycles. The number of nitrogens with zero attached hydrogens (tertiary/aromatic N) is 3. The maximum Gasteiger partial charge on any atom is 0.142 e. The Labute approximate surface area is 102 Å². The first kappa shape index (κ1) is 11.7. The van der Waals surface area contributed by atoms with Crippen LogP contribution in [0.3, 0.4) is 0 Å². The molecule has 3 nitrogen and oxygen atoms in total. The third-order valence-electron chi connectivity index (χ3n) is 3.02. The van der Waals surface area contributed by atoms with Crippen molar-refractivity contribution in [2.75, 3.05) is 0 Å². The van der Waals surface area contributed by atoms with Crippen molar-refractivity contribution < 1.29 is 0 Å². The molecular formula is C14H17N3. The van der Waals surface area contributed by atoms with Crippen molar-refractivity contribution in [1.82, 2.24) is 9.55 Å². The number of nitriles is 1. The molecule has 0 saturated heterocycles. The van der Waals surface area contributed by atoms with E-state index in [2.05, 4.69) is 34.8 Å². The summed E-state index contributed by atoms with van der Waals surface area (Å²) >= 11 is 0. The zero-order valence-electron chi connectivity index (χ0n) is 10.2. The lowest BCUT2D eigenvalue weighted by Gasteiger charge is -2.04. The van der Waals surface area contributed by atoms with Gasteiger partial charge in [-0.3, -0.25) is 0 Å². The molecule has 17 heavy (non-hydrogen) atoms. The van der Waals surface area contributed by atoms with Crippen LogP contribution in [0.1, 0.15) is 38.3 Å². The fourth-order valence-corrected chi connectivity index (χ4v) is 2.05. The maximum atomic E-state index is 8.85. The van der Waals surface area contributed by atoms with Crippen LogP contribution < -0.4 is 0 Å². The number of fused-ring (bicyclic) bond motifs is 1. The van der Waals surface area contributed by atoms with Crippen LogP contribution in [0.4, 0.5) is 0 Å². The summed E-state index contributed by atoms with van der Waals surface area (Å²) < 4.78 is 2.22. The lowest BCUT2D eigenvalue weighted by molar-refractivity contribution is 0.593. The summed E-state index contributed by atoms with van der Waals surface area (Å²) in [6.45, 7) is 3.24. The lowest BCUT2D eigenvalue weighted by atomic mass is 10.2. The van der Waals surface area contributed by atoms with Gasteiger partial charge in [-0.1, -0.05) is 26.2 Å². The predicted molar refractivity (Wildman–Crippen MR) is 68.6 cm³/mol. The van der Waals surface area contributed by atoms with Gasteiger partial charge in [0.2, 0.25) is 0 Å². The van der Waals surface area contributed by atoms with E-state index in [1.165, 1.54) is 25.7 Å². The number of rotatable bonds is 5. The molecule has 2 aromatic rings. The van der Waals surface area contributed by atoms with Gasteiger partial charge in [-0.15, -0.1) is 0 Å². The molecule has 0 aromatic carbocycles. The van der Waals surface area contributed by atoms with E-state index in [1.54, 1.807) is 6.20 Å². The summed E-state index contributed by atoms with van der Waals surface area (Å²) in [5, 5.41) is 9.96. The van der Waals surface area contributed by atoms with E-state index in [9.17, 15) is 0 Å². The Hall–Kier alpha value is -1.82. The Morgan fingerprint density at radius 1 is 1.35 bits per heavy atom. The van der Waals surface area contributed by atoms with E-state index in [1.807, 2.05) is 6.07 Å². The zero-order valence-corrected chi connectivity index (χ0v) is 10.2. The molecule has 0 spiro atoms. The van der Waals surface area contributed by atoms with E-state index >= 15 is 0 Å². The van der Waals surface area contributed by atoms with Crippen molar-refractivity contribution in [3.8, 4) is 6.07 Å². The van der Waals surface area contributed by atoms with E-state index < -0.39 is 0 Å². The SMILES string of the molecule is CCCCCCn1ccc2cnc(C#N)cc21. The number of aromatic nitrogens is 2. The molecule has 0 aliphatic heterocycles. The minimum atomic E-state index is 0.492. The van der Waals surface area contributed by atoms with Gasteiger partial charge in [0.25, 0.3) is 0 Å². The molecular weight excluding hydrogens is 210 g/mol. The average Bonchev–Trinajstić information content (AvgIpc) is 2.77. The Morgan fingerprint density at radius 2 is 2.24 bits per heavy atom. The minimum absolute atomic E-state index is 0.492. The van der Waals surface area contributed by atoms with Gasteiger partial charge < -0.3 is 4.57 Å². The molecule has 0 aliphatic rings. The van der Waals surface area contributed by atoms with Crippen LogP contribution in [0, 0.1) is 11.3 Å². The van der Waals surface area contributed by atoms with Crippen LogP contribution in [0.2, 0.25) is 0 Å². The predicted octanol–water partition coefficient (Wildman–Crippen LogP) is 3.49. The standard InChI is InChI=1S/C14H17N3/c1-2-3-4-5-7-17-8-6-12-11-16-13(10-15)9-14(12)17/h6,8-9,11H,2-5,7H2,1H3. The number of hydrogen-bond donors (Lipinski definition) is 0. The van der Waals surface area contributed by atoms with Gasteiger partial charge >= 0.3 is 0 Å². The number of aryl methyl sites for hydroxylation is 1. The van der Waals surface area contributed by atoms with Crippen molar-refractivity contribution in [3.63, 3.8) is 0 Å². The summed E-state index contributed by atoms with van der Waals surface area (Å²) in [6.07, 6.45) is 8.88. The van der Waals surface area contributed by atoms with E-state index in [4.69, 9.17) is 5.26 Å². The van der Waals surface area contributed by atoms with Crippen molar-refractivity contribution in [3.05, 3.63) is 30.2 Å². The molecule has 0 unspecified atom stereocenters. The molecule has 88 valence electrons. The molecule has 0 aliphatic carbocycles. The normalized spacial score (nSPS) is 10.6. The highest BCUT2D eigenvalue weighted by atomic mass is 15.0. The molecule has 0 bridgehead atoms. The summed E-state index contributed by atoms with van der Waals surface area (Å²) in [4.78, 5) is 4.07. The minimum Gasteiger partial charge on any atom is -0.347 e. The molecule has 0 fully saturated rings. The number of hydrogen-bond acceptors (Lipinski definition) is 2. The monoisotopic (exact) mass is 227 g/mol. The lowest BCUT2D eigenvalue weighted by Crippen LogP contribution is -1.96. The first-order valence-electron chi connectivity index (χ1n) is 6.20. The third-order valence-corrected chi connectivity index (χ3v) is 3.02. The molecule has 0 N–H and O–H groups in total. The van der Waals surface area contributed by atoms with Gasteiger partial charge in [0.15, 0.2) is 0 Å². The summed E-state index contributed by atoms with van der Waals surface area (Å²) in [6, 6.07) is 6.02. The second-order valence-electron chi connectivity index (χ2n) is 4.31. The first-order chi connectivity index (χ1) is 8.35. The van der Waals surface area contributed by atoms with E-state index in [-0.39, 0.29) is 0 Å². The molecule has 2 heterocycles. The summed E-state index contributed by atoms with van der Waals surface area (Å²) in [7, 11) is 0. The Bertz CT molecular complexity index is 534. The van der Waals surface area contributed by atoms with Gasteiger partial charge in [0.05, 0.1) is 5.52 Å². The quantitative estimate of drug-likeness (QED) is 0.734. The van der Waals surface area contributed by atoms with Crippen LogP contribution in [-0.2, 0) is 6.54 Å². The fourth-order valence-electron chi connectivity index (χ4n) is 2.05. The largest absolute Gasteiger partial charge is 0.347 e. The summed E-state index contributed by atoms with van der Waals surface area (Å²) in [5.41, 5.74) is 1.61. The maximum absolute atomic E-state index is 8.85. The Kier molecular flexibility index (Phi) is 3.77. The van der Waals surface area contributed by atoms with E-state index in [0.29, 0.717) is 5.69 Å². The zero-order chi connectivity index (χ0) is 12.1. The highest BCUT2D eigenvalue weighted by Crippen LogP contribution is 2.16. The van der Waals surface area contributed by atoms with Gasteiger partial charge in [-0.05, 0) is 18.6 Å². The van der Waals surface area contributed by atoms with Crippen LogP contribution in [0.15, 0.2) is 24.5 Å². The molecule has 0 amide bonds. The first-order valence-corrected chi connectivity index (χ1v) is 6.20. The third kappa shape index (κ3) is 2.65. The van der Waals surface area contributed by atoms with Crippen LogP contribution in [-0.4, -0.2) is 9.55 Å². The smallest absolute Gasteiger partial charge is 0.142 e.